The van der Waals surface area contributed by atoms with Crippen LogP contribution in [0.2, 0.25) is 5.02 Å². The number of halogens is 1. The van der Waals surface area contributed by atoms with E-state index < -0.39 is 11.9 Å². The number of benzene rings is 3. The second-order valence-corrected chi connectivity index (χ2v) is 9.71. The lowest BCUT2D eigenvalue weighted by atomic mass is 9.83. The Morgan fingerprint density at radius 2 is 1.79 bits per heavy atom. The van der Waals surface area contributed by atoms with Gasteiger partial charge in [0.2, 0.25) is 5.88 Å². The van der Waals surface area contributed by atoms with Crippen molar-refractivity contribution in [2.75, 3.05) is 20.8 Å². The molecule has 1 aliphatic rings. The number of nitrogens with two attached hydrogens (primary N) is 1. The Morgan fingerprint density at radius 3 is 2.46 bits per heavy atom. The highest BCUT2D eigenvalue weighted by Gasteiger charge is 2.32. The van der Waals surface area contributed by atoms with Gasteiger partial charge in [0.1, 0.15) is 28.9 Å². The van der Waals surface area contributed by atoms with Gasteiger partial charge in [-0.05, 0) is 54.3 Å². The molecule has 0 amide bonds. The number of allylic oxidation sites excluding steroid dienone is 1. The van der Waals surface area contributed by atoms with Crippen molar-refractivity contribution in [2.45, 2.75) is 26.2 Å². The number of ether oxygens (including phenoxy) is 5. The normalized spacial score (nSPS) is 14.2. The van der Waals surface area contributed by atoms with E-state index in [0.29, 0.717) is 41.1 Å². The molecule has 2 N–H and O–H groups in total. The summed E-state index contributed by atoms with van der Waals surface area (Å²) in [5.41, 5.74) is 8.13. The zero-order valence-corrected chi connectivity index (χ0v) is 22.9. The van der Waals surface area contributed by atoms with Crippen molar-refractivity contribution in [1.29, 1.82) is 5.26 Å². The molecule has 202 valence electrons. The predicted molar refractivity (Wildman–Crippen MR) is 147 cm³/mol. The molecule has 0 saturated carbocycles. The SMILES string of the molecule is COc1ccc(C(=O)Oc2ccc3c(c2)OC(N)=C(C#N)C3c2ccc(OCCC(C)C)c(OC)c2)cc1Cl. The maximum absolute atomic E-state index is 12.7. The first-order valence-electron chi connectivity index (χ1n) is 12.3. The van der Waals surface area contributed by atoms with Crippen LogP contribution >= 0.6 is 11.6 Å². The quantitative estimate of drug-likeness (QED) is 0.248. The third kappa shape index (κ3) is 6.05. The Hall–Kier alpha value is -4.35. The molecule has 0 radical (unpaired) electrons. The largest absolute Gasteiger partial charge is 0.495 e. The molecule has 0 saturated heterocycles. The maximum Gasteiger partial charge on any atom is 0.343 e. The van der Waals surface area contributed by atoms with Crippen molar-refractivity contribution in [3.8, 4) is 34.8 Å². The van der Waals surface area contributed by atoms with Gasteiger partial charge in [0.25, 0.3) is 0 Å². The molecule has 0 aliphatic carbocycles. The molecule has 3 aromatic carbocycles. The molecule has 0 aromatic heterocycles. The van der Waals surface area contributed by atoms with E-state index in [1.165, 1.54) is 13.2 Å². The summed E-state index contributed by atoms with van der Waals surface area (Å²) in [6.45, 7) is 4.83. The fourth-order valence-corrected chi connectivity index (χ4v) is 4.45. The van der Waals surface area contributed by atoms with Gasteiger partial charge in [-0.25, -0.2) is 4.79 Å². The monoisotopic (exact) mass is 548 g/mol. The van der Waals surface area contributed by atoms with Gasteiger partial charge in [-0.15, -0.1) is 0 Å². The third-order valence-electron chi connectivity index (χ3n) is 6.26. The van der Waals surface area contributed by atoms with E-state index in [2.05, 4.69) is 19.9 Å². The summed E-state index contributed by atoms with van der Waals surface area (Å²) in [7, 11) is 3.06. The molecule has 0 bridgehead atoms. The molecular formula is C30H29ClN2O6. The summed E-state index contributed by atoms with van der Waals surface area (Å²) in [6.07, 6.45) is 0.911. The van der Waals surface area contributed by atoms with Crippen molar-refractivity contribution in [2.24, 2.45) is 11.7 Å². The lowest BCUT2D eigenvalue weighted by Crippen LogP contribution is -2.21. The number of rotatable bonds is 9. The van der Waals surface area contributed by atoms with Crippen molar-refractivity contribution < 1.29 is 28.5 Å². The number of carbonyl (C=O) groups is 1. The summed E-state index contributed by atoms with van der Waals surface area (Å²) in [4.78, 5) is 12.7. The average Bonchev–Trinajstić information content (AvgIpc) is 2.92. The van der Waals surface area contributed by atoms with Gasteiger partial charge in [-0.1, -0.05) is 37.6 Å². The summed E-state index contributed by atoms with van der Waals surface area (Å²) < 4.78 is 28.0. The Bertz CT molecular complexity index is 1460. The average molecular weight is 549 g/mol. The number of hydrogen-bond donors (Lipinski definition) is 1. The number of nitriles is 1. The van der Waals surface area contributed by atoms with Crippen molar-refractivity contribution in [3.63, 3.8) is 0 Å². The second-order valence-electron chi connectivity index (χ2n) is 9.30. The van der Waals surface area contributed by atoms with E-state index in [4.69, 9.17) is 41.0 Å². The first-order valence-corrected chi connectivity index (χ1v) is 12.7. The summed E-state index contributed by atoms with van der Waals surface area (Å²) >= 11 is 6.14. The van der Waals surface area contributed by atoms with Crippen LogP contribution in [0.15, 0.2) is 66.1 Å². The van der Waals surface area contributed by atoms with E-state index in [9.17, 15) is 10.1 Å². The minimum Gasteiger partial charge on any atom is -0.495 e. The number of fused-ring (bicyclic) bond motifs is 1. The van der Waals surface area contributed by atoms with Gasteiger partial charge in [-0.2, -0.15) is 5.26 Å². The van der Waals surface area contributed by atoms with Gasteiger partial charge < -0.3 is 29.4 Å². The topological polar surface area (TPSA) is 113 Å². The van der Waals surface area contributed by atoms with Crippen LogP contribution in [0.5, 0.6) is 28.7 Å². The molecule has 3 aromatic rings. The molecule has 39 heavy (non-hydrogen) atoms. The molecule has 0 spiro atoms. The van der Waals surface area contributed by atoms with E-state index in [1.807, 2.05) is 18.2 Å². The van der Waals surface area contributed by atoms with Gasteiger partial charge in [0.15, 0.2) is 11.5 Å². The van der Waals surface area contributed by atoms with Gasteiger partial charge >= 0.3 is 5.97 Å². The number of methoxy groups -OCH3 is 2. The molecule has 0 fully saturated rings. The second kappa shape index (κ2) is 12.0. The van der Waals surface area contributed by atoms with Crippen LogP contribution in [0.1, 0.15) is 47.7 Å². The fraction of sp³-hybridized carbons (Fsp3) is 0.267. The lowest BCUT2D eigenvalue weighted by Gasteiger charge is -2.27. The summed E-state index contributed by atoms with van der Waals surface area (Å²) in [5, 5.41) is 10.2. The van der Waals surface area contributed by atoms with Gasteiger partial charge in [-0.3, -0.25) is 0 Å². The highest BCUT2D eigenvalue weighted by Crippen LogP contribution is 2.45. The van der Waals surface area contributed by atoms with Gasteiger partial charge in [0.05, 0.1) is 37.3 Å². The first-order chi connectivity index (χ1) is 18.7. The summed E-state index contributed by atoms with van der Waals surface area (Å²) in [5.74, 6) is 1.57. The number of hydrogen-bond acceptors (Lipinski definition) is 8. The van der Waals surface area contributed by atoms with Crippen LogP contribution < -0.4 is 29.4 Å². The van der Waals surface area contributed by atoms with E-state index in [-0.39, 0.29) is 27.8 Å². The Kier molecular flexibility index (Phi) is 8.52. The maximum atomic E-state index is 12.7. The minimum atomic E-state index is -0.606. The zero-order valence-electron chi connectivity index (χ0n) is 22.1. The Morgan fingerprint density at radius 1 is 1.05 bits per heavy atom. The smallest absolute Gasteiger partial charge is 0.343 e. The highest BCUT2D eigenvalue weighted by molar-refractivity contribution is 6.32. The van der Waals surface area contributed by atoms with Crippen LogP contribution in [0.3, 0.4) is 0 Å². The lowest BCUT2D eigenvalue weighted by molar-refractivity contribution is 0.0734. The van der Waals surface area contributed by atoms with Crippen LogP contribution in [0.4, 0.5) is 0 Å². The molecule has 1 aliphatic heterocycles. The standard InChI is InChI=1S/C30H29ClN2O6/c1-17(2)11-12-37-25-10-5-18(14-27(25)36-4)28-21-8-7-20(15-26(21)39-29(33)22(28)16-32)38-30(34)19-6-9-24(35-3)23(31)13-19/h5-10,13-15,17,28H,11-12,33H2,1-4H3. The van der Waals surface area contributed by atoms with Crippen LogP contribution in [0, 0.1) is 17.2 Å². The predicted octanol–water partition coefficient (Wildman–Crippen LogP) is 6.22. The van der Waals surface area contributed by atoms with Crippen molar-refractivity contribution in [3.05, 3.63) is 87.8 Å². The Balaban J connectivity index is 1.63. The molecule has 9 heteroatoms. The molecule has 1 atom stereocenters. The fourth-order valence-electron chi connectivity index (χ4n) is 4.19. The van der Waals surface area contributed by atoms with E-state index >= 15 is 0 Å². The molecular weight excluding hydrogens is 520 g/mol. The van der Waals surface area contributed by atoms with E-state index in [1.54, 1.807) is 37.4 Å². The van der Waals surface area contributed by atoms with Crippen LogP contribution in [-0.4, -0.2) is 26.8 Å². The number of carbonyl (C=O) groups excluding carboxylic acids is 1. The van der Waals surface area contributed by atoms with Crippen LogP contribution in [0.25, 0.3) is 0 Å². The molecule has 1 heterocycles. The minimum absolute atomic E-state index is 0.0309. The highest BCUT2D eigenvalue weighted by atomic mass is 35.5. The van der Waals surface area contributed by atoms with E-state index in [0.717, 1.165) is 12.0 Å². The molecule has 4 rings (SSSR count). The summed E-state index contributed by atoms with van der Waals surface area (Å²) in [6, 6.07) is 17.3. The number of nitrogens with zero attached hydrogens (tertiary/aromatic N) is 1. The van der Waals surface area contributed by atoms with Gasteiger partial charge in [0, 0.05) is 11.6 Å². The molecule has 8 nitrogen and oxygen atoms in total. The van der Waals surface area contributed by atoms with Crippen molar-refractivity contribution in [1.82, 2.24) is 0 Å². The first kappa shape index (κ1) is 27.7. The third-order valence-corrected chi connectivity index (χ3v) is 6.56. The van der Waals surface area contributed by atoms with Crippen molar-refractivity contribution >= 4 is 17.6 Å². The molecule has 1 unspecified atom stereocenters. The van der Waals surface area contributed by atoms with Crippen LogP contribution in [-0.2, 0) is 0 Å². The number of esters is 1. The Labute approximate surface area is 232 Å². The zero-order chi connectivity index (χ0) is 28.1.